The molecule has 2 amide bonds. The van der Waals surface area contributed by atoms with Gasteiger partial charge in [-0.25, -0.2) is 4.68 Å². The number of rotatable bonds is 7. The summed E-state index contributed by atoms with van der Waals surface area (Å²) < 4.78 is 1.85. The van der Waals surface area contributed by atoms with E-state index < -0.39 is 0 Å². The molecule has 5 aromatic rings. The van der Waals surface area contributed by atoms with Gasteiger partial charge in [-0.15, -0.1) is 11.8 Å². The van der Waals surface area contributed by atoms with E-state index in [9.17, 15) is 9.59 Å². The average Bonchev–Trinajstić information content (AvgIpc) is 3.33. The first kappa shape index (κ1) is 27.5. The van der Waals surface area contributed by atoms with Crippen molar-refractivity contribution in [2.24, 2.45) is 0 Å². The molecule has 2 aromatic heterocycles. The summed E-state index contributed by atoms with van der Waals surface area (Å²) >= 11 is 1.57. The fraction of sp³-hybridized carbons (Fsp3) is 0.176. The first-order valence-corrected chi connectivity index (χ1v) is 14.9. The van der Waals surface area contributed by atoms with Crippen LogP contribution < -0.4 is 10.2 Å². The summed E-state index contributed by atoms with van der Waals surface area (Å²) in [5.74, 6) is 0.442. The number of nitrogens with zero attached hydrogens (tertiary/aromatic N) is 4. The number of carbonyl (C=O) groups is 2. The van der Waals surface area contributed by atoms with E-state index in [1.807, 2.05) is 84.4 Å². The SMILES string of the molecule is Cc1cccc([C@H]2SCC(=O)N(CC(=O)NCc3ccccn3)c3c2c(-c2ccccc2)nn3-c2ccccc2C)c1. The van der Waals surface area contributed by atoms with E-state index in [4.69, 9.17) is 5.10 Å². The third-order valence-corrected chi connectivity index (χ3v) is 8.57. The maximum atomic E-state index is 13.9. The third-order valence-electron chi connectivity index (χ3n) is 7.32. The Morgan fingerprint density at radius 2 is 1.74 bits per heavy atom. The molecule has 0 fully saturated rings. The van der Waals surface area contributed by atoms with Crippen molar-refractivity contribution in [1.82, 2.24) is 20.1 Å². The van der Waals surface area contributed by atoms with Crippen LogP contribution in [0.15, 0.2) is 103 Å². The molecule has 0 radical (unpaired) electrons. The molecule has 42 heavy (non-hydrogen) atoms. The van der Waals surface area contributed by atoms with Crippen molar-refractivity contribution < 1.29 is 9.59 Å². The van der Waals surface area contributed by atoms with Gasteiger partial charge in [-0.2, -0.15) is 5.10 Å². The average molecular weight is 574 g/mol. The molecule has 3 heterocycles. The van der Waals surface area contributed by atoms with Gasteiger partial charge in [0.05, 0.1) is 34.6 Å². The van der Waals surface area contributed by atoms with Gasteiger partial charge in [-0.05, 0) is 43.2 Å². The first-order chi connectivity index (χ1) is 20.5. The van der Waals surface area contributed by atoms with Gasteiger partial charge < -0.3 is 5.32 Å². The highest BCUT2D eigenvalue weighted by Gasteiger charge is 2.37. The Morgan fingerprint density at radius 1 is 0.952 bits per heavy atom. The zero-order valence-corrected chi connectivity index (χ0v) is 24.3. The second-order valence-corrected chi connectivity index (χ2v) is 11.4. The summed E-state index contributed by atoms with van der Waals surface area (Å²) in [6.45, 7) is 4.25. The van der Waals surface area contributed by atoms with Gasteiger partial charge >= 0.3 is 0 Å². The molecule has 210 valence electrons. The number of carbonyl (C=O) groups excluding carboxylic acids is 2. The summed E-state index contributed by atoms with van der Waals surface area (Å²) in [6, 6.07) is 32.0. The number of benzene rings is 3. The number of para-hydroxylation sites is 1. The molecular weight excluding hydrogens is 542 g/mol. The van der Waals surface area contributed by atoms with Gasteiger partial charge in [0, 0.05) is 17.3 Å². The lowest BCUT2D eigenvalue weighted by molar-refractivity contribution is -0.123. The number of nitrogens with one attached hydrogen (secondary N) is 1. The lowest BCUT2D eigenvalue weighted by atomic mass is 9.98. The predicted molar refractivity (Wildman–Crippen MR) is 168 cm³/mol. The highest BCUT2D eigenvalue weighted by molar-refractivity contribution is 8.00. The number of hydrogen-bond donors (Lipinski definition) is 1. The number of pyridine rings is 1. The number of aryl methyl sites for hydroxylation is 2. The maximum absolute atomic E-state index is 13.9. The first-order valence-electron chi connectivity index (χ1n) is 13.9. The van der Waals surface area contributed by atoms with Crippen LogP contribution in [0.25, 0.3) is 16.9 Å². The monoisotopic (exact) mass is 573 g/mol. The molecule has 1 aliphatic rings. The van der Waals surface area contributed by atoms with Crippen LogP contribution in [0.1, 0.15) is 33.2 Å². The lowest BCUT2D eigenvalue weighted by Crippen LogP contribution is -2.42. The molecule has 6 rings (SSSR count). The summed E-state index contributed by atoms with van der Waals surface area (Å²) in [7, 11) is 0. The van der Waals surface area contributed by atoms with Crippen LogP contribution in [-0.2, 0) is 16.1 Å². The fourth-order valence-electron chi connectivity index (χ4n) is 5.29. The Hall–Kier alpha value is -4.69. The predicted octanol–water partition coefficient (Wildman–Crippen LogP) is 6.04. The largest absolute Gasteiger partial charge is 0.349 e. The van der Waals surface area contributed by atoms with Gasteiger partial charge in [0.25, 0.3) is 0 Å². The van der Waals surface area contributed by atoms with Gasteiger partial charge in [-0.3, -0.25) is 19.5 Å². The van der Waals surface area contributed by atoms with Crippen LogP contribution >= 0.6 is 11.8 Å². The van der Waals surface area contributed by atoms with E-state index in [0.29, 0.717) is 5.82 Å². The molecule has 0 aliphatic carbocycles. The molecular formula is C34H31N5O2S. The van der Waals surface area contributed by atoms with Crippen molar-refractivity contribution in [1.29, 1.82) is 0 Å². The van der Waals surface area contributed by atoms with Crippen LogP contribution in [0, 0.1) is 13.8 Å². The minimum atomic E-state index is -0.266. The smallest absolute Gasteiger partial charge is 0.240 e. The number of thioether (sulfide) groups is 1. The second-order valence-electron chi connectivity index (χ2n) is 10.3. The highest BCUT2D eigenvalue weighted by Crippen LogP contribution is 2.48. The Labute approximate surface area is 249 Å². The highest BCUT2D eigenvalue weighted by atomic mass is 32.2. The zero-order chi connectivity index (χ0) is 29.1. The molecule has 3 aromatic carbocycles. The van der Waals surface area contributed by atoms with Gasteiger partial charge in [0.1, 0.15) is 12.4 Å². The number of fused-ring (bicyclic) bond motifs is 1. The topological polar surface area (TPSA) is 80.1 Å². The summed E-state index contributed by atoms with van der Waals surface area (Å²) in [5, 5.41) is 7.96. The van der Waals surface area contributed by atoms with E-state index in [0.717, 1.165) is 44.9 Å². The van der Waals surface area contributed by atoms with Gasteiger partial charge in [0.15, 0.2) is 0 Å². The Morgan fingerprint density at radius 3 is 2.50 bits per heavy atom. The number of anilines is 1. The fourth-order valence-corrected chi connectivity index (χ4v) is 6.47. The number of amides is 2. The van der Waals surface area contributed by atoms with Crippen molar-refractivity contribution >= 4 is 29.4 Å². The summed E-state index contributed by atoms with van der Waals surface area (Å²) in [4.78, 5) is 33.2. The van der Waals surface area contributed by atoms with Gasteiger partial charge in [0.2, 0.25) is 11.8 Å². The van der Waals surface area contributed by atoms with Crippen LogP contribution in [0.3, 0.4) is 0 Å². The quantitative estimate of drug-likeness (QED) is 0.257. The molecule has 0 spiro atoms. The number of hydrogen-bond acceptors (Lipinski definition) is 5. The molecule has 0 saturated carbocycles. The van der Waals surface area contributed by atoms with E-state index in [-0.39, 0.29) is 35.9 Å². The van der Waals surface area contributed by atoms with E-state index >= 15 is 0 Å². The molecule has 0 unspecified atom stereocenters. The minimum absolute atomic E-state index is 0.133. The van der Waals surface area contributed by atoms with Crippen molar-refractivity contribution in [2.45, 2.75) is 25.6 Å². The van der Waals surface area contributed by atoms with Crippen molar-refractivity contribution in [3.63, 3.8) is 0 Å². The van der Waals surface area contributed by atoms with E-state index in [1.54, 1.807) is 22.9 Å². The summed E-state index contributed by atoms with van der Waals surface area (Å²) in [6.07, 6.45) is 1.70. The Kier molecular flexibility index (Phi) is 7.88. The van der Waals surface area contributed by atoms with Gasteiger partial charge in [-0.1, -0.05) is 84.4 Å². The van der Waals surface area contributed by atoms with Crippen molar-refractivity contribution in [2.75, 3.05) is 17.2 Å². The van der Waals surface area contributed by atoms with E-state index in [2.05, 4.69) is 41.5 Å². The molecule has 1 aliphatic heterocycles. The van der Waals surface area contributed by atoms with Crippen LogP contribution in [0.5, 0.6) is 0 Å². The molecule has 8 heteroatoms. The third kappa shape index (κ3) is 5.58. The van der Waals surface area contributed by atoms with E-state index in [1.165, 1.54) is 0 Å². The van der Waals surface area contributed by atoms with Crippen LogP contribution in [0.4, 0.5) is 5.82 Å². The standard InChI is InChI=1S/C34H31N5O2S/c1-23-11-10-15-26(19-23)33-31-32(25-13-4-3-5-14-25)37-39(28-17-7-6-12-24(28)2)34(31)38(30(41)22-42-33)21-29(40)36-20-27-16-8-9-18-35-27/h3-19,33H,20-22H2,1-2H3,(H,36,40)/t33-/m1/s1. The Balaban J connectivity index is 1.53. The second kappa shape index (κ2) is 12.0. The lowest BCUT2D eigenvalue weighted by Gasteiger charge is -2.23. The Bertz CT molecular complexity index is 1740. The molecule has 7 nitrogen and oxygen atoms in total. The van der Waals surface area contributed by atoms with Crippen LogP contribution in [0.2, 0.25) is 0 Å². The molecule has 0 saturated heterocycles. The molecule has 1 atom stereocenters. The normalized spacial score (nSPS) is 14.8. The van der Waals surface area contributed by atoms with Crippen molar-refractivity contribution in [3.05, 3.63) is 131 Å². The molecule has 1 N–H and O–H groups in total. The zero-order valence-electron chi connectivity index (χ0n) is 23.5. The minimum Gasteiger partial charge on any atom is -0.349 e. The molecule has 0 bridgehead atoms. The number of aromatic nitrogens is 3. The summed E-state index contributed by atoms with van der Waals surface area (Å²) in [5.41, 5.74) is 7.52. The van der Waals surface area contributed by atoms with Crippen molar-refractivity contribution in [3.8, 4) is 16.9 Å². The van der Waals surface area contributed by atoms with Crippen LogP contribution in [-0.4, -0.2) is 38.9 Å². The maximum Gasteiger partial charge on any atom is 0.240 e.